The van der Waals surface area contributed by atoms with Crippen molar-refractivity contribution in [1.82, 2.24) is 9.97 Å². The lowest BCUT2D eigenvalue weighted by molar-refractivity contribution is 0.487. The Hall–Kier alpha value is -5.54. The molecule has 3 nitrogen and oxygen atoms in total. The lowest BCUT2D eigenvalue weighted by atomic mass is 9.93. The first-order chi connectivity index (χ1) is 20.3. The second-order valence-corrected chi connectivity index (χ2v) is 10.2. The molecule has 0 fully saturated rings. The molecule has 2 heterocycles. The lowest BCUT2D eigenvalue weighted by Gasteiger charge is -2.22. The molecule has 3 heteroatoms. The SMILES string of the molecule is c1ccc(-c2ccc(-c3cc(-c4ccc5c(c4)-c4cccc6cccc(c46)O5)nc(-c4ccccc4)n3)cc2)cc1. The zero-order valence-electron chi connectivity index (χ0n) is 22.2. The average molecular weight is 525 g/mol. The standard InChI is InChI=1S/C38H24N2O/c1-3-9-25(10-4-1)26-17-19-27(20-18-26)33-24-34(40-38(39-33)29-11-5-2-6-12-29)30-21-22-35-32(23-30)31-15-7-13-28-14-8-16-36(41-35)37(28)31/h1-24H. The number of hydrogen-bond donors (Lipinski definition) is 0. The minimum atomic E-state index is 0.701. The van der Waals surface area contributed by atoms with Crippen molar-refractivity contribution in [2.45, 2.75) is 0 Å². The molecule has 6 aromatic carbocycles. The van der Waals surface area contributed by atoms with Crippen LogP contribution in [0.15, 0.2) is 146 Å². The summed E-state index contributed by atoms with van der Waals surface area (Å²) >= 11 is 0. The van der Waals surface area contributed by atoms with E-state index in [2.05, 4.69) is 109 Å². The largest absolute Gasteiger partial charge is 0.456 e. The second kappa shape index (κ2) is 9.58. The van der Waals surface area contributed by atoms with Crippen LogP contribution in [0.5, 0.6) is 11.5 Å². The van der Waals surface area contributed by atoms with E-state index in [-0.39, 0.29) is 0 Å². The van der Waals surface area contributed by atoms with E-state index in [0.717, 1.165) is 50.5 Å². The predicted molar refractivity (Wildman–Crippen MR) is 167 cm³/mol. The summed E-state index contributed by atoms with van der Waals surface area (Å²) in [6.07, 6.45) is 0. The monoisotopic (exact) mass is 524 g/mol. The molecular formula is C38H24N2O. The van der Waals surface area contributed by atoms with Crippen LogP contribution in [0.3, 0.4) is 0 Å². The third-order valence-corrected chi connectivity index (χ3v) is 7.70. The Kier molecular flexibility index (Phi) is 5.46. The van der Waals surface area contributed by atoms with Gasteiger partial charge in [0.25, 0.3) is 0 Å². The van der Waals surface area contributed by atoms with Crippen LogP contribution in [0.4, 0.5) is 0 Å². The van der Waals surface area contributed by atoms with Crippen molar-refractivity contribution in [3.63, 3.8) is 0 Å². The fraction of sp³-hybridized carbons (Fsp3) is 0. The zero-order chi connectivity index (χ0) is 27.2. The van der Waals surface area contributed by atoms with E-state index in [0.29, 0.717) is 5.82 Å². The number of hydrogen-bond acceptors (Lipinski definition) is 3. The van der Waals surface area contributed by atoms with Crippen LogP contribution >= 0.6 is 0 Å². The molecular weight excluding hydrogens is 500 g/mol. The molecule has 0 aliphatic carbocycles. The van der Waals surface area contributed by atoms with Gasteiger partial charge in [0.15, 0.2) is 5.82 Å². The third-order valence-electron chi connectivity index (χ3n) is 7.70. The van der Waals surface area contributed by atoms with Crippen molar-refractivity contribution < 1.29 is 4.74 Å². The van der Waals surface area contributed by atoms with Crippen molar-refractivity contribution >= 4 is 10.8 Å². The van der Waals surface area contributed by atoms with Crippen LogP contribution in [0, 0.1) is 0 Å². The van der Waals surface area contributed by atoms with Gasteiger partial charge in [0.05, 0.1) is 11.4 Å². The van der Waals surface area contributed by atoms with E-state index in [4.69, 9.17) is 14.7 Å². The molecule has 1 aliphatic rings. The smallest absolute Gasteiger partial charge is 0.160 e. The summed E-state index contributed by atoms with van der Waals surface area (Å²) in [5.41, 5.74) is 9.42. The molecule has 0 spiro atoms. The Labute approximate surface area is 238 Å². The Balaban J connectivity index is 1.27. The number of aromatic nitrogens is 2. The van der Waals surface area contributed by atoms with Gasteiger partial charge in [0.2, 0.25) is 0 Å². The average Bonchev–Trinajstić information content (AvgIpc) is 3.05. The first-order valence-electron chi connectivity index (χ1n) is 13.7. The fourth-order valence-corrected chi connectivity index (χ4v) is 5.65. The van der Waals surface area contributed by atoms with Crippen molar-refractivity contribution in [3.8, 4) is 67.7 Å². The number of nitrogens with zero attached hydrogens (tertiary/aromatic N) is 2. The van der Waals surface area contributed by atoms with Gasteiger partial charge in [0.1, 0.15) is 11.5 Å². The molecule has 0 atom stereocenters. The molecule has 41 heavy (non-hydrogen) atoms. The maximum absolute atomic E-state index is 6.34. The zero-order valence-corrected chi connectivity index (χ0v) is 22.2. The van der Waals surface area contributed by atoms with Gasteiger partial charge in [0, 0.05) is 27.6 Å². The molecule has 0 N–H and O–H groups in total. The van der Waals surface area contributed by atoms with Gasteiger partial charge < -0.3 is 4.74 Å². The van der Waals surface area contributed by atoms with Crippen molar-refractivity contribution in [3.05, 3.63) is 146 Å². The number of rotatable bonds is 4. The predicted octanol–water partition coefficient (Wildman–Crippen LogP) is 10.1. The molecule has 0 bridgehead atoms. The van der Waals surface area contributed by atoms with Crippen molar-refractivity contribution in [2.75, 3.05) is 0 Å². The van der Waals surface area contributed by atoms with Gasteiger partial charge in [-0.15, -0.1) is 0 Å². The normalized spacial score (nSPS) is 11.6. The summed E-state index contributed by atoms with van der Waals surface area (Å²) in [5.74, 6) is 2.45. The second-order valence-electron chi connectivity index (χ2n) is 10.2. The Bertz CT molecular complexity index is 2040. The van der Waals surface area contributed by atoms with Crippen molar-refractivity contribution in [1.29, 1.82) is 0 Å². The highest BCUT2D eigenvalue weighted by molar-refractivity contribution is 6.04. The molecule has 8 rings (SSSR count). The minimum Gasteiger partial charge on any atom is -0.456 e. The van der Waals surface area contributed by atoms with Gasteiger partial charge in [-0.25, -0.2) is 9.97 Å². The molecule has 1 aromatic heterocycles. The van der Waals surface area contributed by atoms with E-state index in [1.54, 1.807) is 0 Å². The van der Waals surface area contributed by atoms with E-state index in [1.807, 2.05) is 36.4 Å². The maximum atomic E-state index is 6.34. The number of benzene rings is 6. The summed E-state index contributed by atoms with van der Waals surface area (Å²) in [5, 5.41) is 2.32. The summed E-state index contributed by atoms with van der Waals surface area (Å²) < 4.78 is 6.34. The maximum Gasteiger partial charge on any atom is 0.160 e. The van der Waals surface area contributed by atoms with Gasteiger partial charge in [-0.05, 0) is 52.4 Å². The Morgan fingerprint density at radius 1 is 0.390 bits per heavy atom. The summed E-state index contributed by atoms with van der Waals surface area (Å²) in [4.78, 5) is 10.1. The first kappa shape index (κ1) is 23.4. The molecule has 0 unspecified atom stereocenters. The van der Waals surface area contributed by atoms with Crippen LogP contribution in [-0.4, -0.2) is 9.97 Å². The molecule has 0 radical (unpaired) electrons. The quantitative estimate of drug-likeness (QED) is 0.230. The third kappa shape index (κ3) is 4.16. The first-order valence-corrected chi connectivity index (χ1v) is 13.7. The number of ether oxygens (including phenoxy) is 1. The summed E-state index contributed by atoms with van der Waals surface area (Å²) in [6, 6.07) is 50.2. The Morgan fingerprint density at radius 3 is 1.76 bits per heavy atom. The molecule has 0 saturated heterocycles. The molecule has 7 aromatic rings. The highest BCUT2D eigenvalue weighted by atomic mass is 16.5. The van der Waals surface area contributed by atoms with E-state index in [9.17, 15) is 0 Å². The van der Waals surface area contributed by atoms with E-state index < -0.39 is 0 Å². The van der Waals surface area contributed by atoms with Crippen LogP contribution in [-0.2, 0) is 0 Å². The van der Waals surface area contributed by atoms with Gasteiger partial charge in [-0.1, -0.05) is 115 Å². The van der Waals surface area contributed by atoms with Gasteiger partial charge >= 0.3 is 0 Å². The summed E-state index contributed by atoms with van der Waals surface area (Å²) in [6.45, 7) is 0. The van der Waals surface area contributed by atoms with Gasteiger partial charge in [-0.3, -0.25) is 0 Å². The highest BCUT2D eigenvalue weighted by Crippen LogP contribution is 2.47. The highest BCUT2D eigenvalue weighted by Gasteiger charge is 2.21. The summed E-state index contributed by atoms with van der Waals surface area (Å²) in [7, 11) is 0. The van der Waals surface area contributed by atoms with Crippen LogP contribution < -0.4 is 4.74 Å². The molecule has 0 amide bonds. The minimum absolute atomic E-state index is 0.701. The van der Waals surface area contributed by atoms with Crippen LogP contribution in [0.2, 0.25) is 0 Å². The molecule has 192 valence electrons. The van der Waals surface area contributed by atoms with E-state index in [1.165, 1.54) is 22.1 Å². The number of fused-ring (bicyclic) bond motifs is 2. The van der Waals surface area contributed by atoms with Crippen LogP contribution in [0.25, 0.3) is 66.9 Å². The molecule has 1 aliphatic heterocycles. The van der Waals surface area contributed by atoms with E-state index >= 15 is 0 Å². The lowest BCUT2D eigenvalue weighted by Crippen LogP contribution is -1.99. The molecule has 0 saturated carbocycles. The van der Waals surface area contributed by atoms with Crippen molar-refractivity contribution in [2.24, 2.45) is 0 Å². The fourth-order valence-electron chi connectivity index (χ4n) is 5.65. The topological polar surface area (TPSA) is 35.0 Å². The van der Waals surface area contributed by atoms with Crippen LogP contribution in [0.1, 0.15) is 0 Å². The Morgan fingerprint density at radius 2 is 1.00 bits per heavy atom. The van der Waals surface area contributed by atoms with Gasteiger partial charge in [-0.2, -0.15) is 0 Å².